The van der Waals surface area contributed by atoms with E-state index >= 15 is 0 Å². The molecule has 0 radical (unpaired) electrons. The summed E-state index contributed by atoms with van der Waals surface area (Å²) in [7, 11) is 0. The number of likely N-dealkylation sites (tertiary alicyclic amines) is 2. The fourth-order valence-corrected chi connectivity index (χ4v) is 4.57. The van der Waals surface area contributed by atoms with Crippen molar-refractivity contribution in [2.24, 2.45) is 0 Å². The fourth-order valence-electron chi connectivity index (χ4n) is 4.57. The normalized spacial score (nSPS) is 27.0. The first-order valence-corrected chi connectivity index (χ1v) is 10.9. The molecule has 0 aliphatic carbocycles. The van der Waals surface area contributed by atoms with Gasteiger partial charge in [-0.1, -0.05) is 12.8 Å². The summed E-state index contributed by atoms with van der Waals surface area (Å²) in [5.74, 6) is 0.862. The third-order valence-corrected chi connectivity index (χ3v) is 6.30. The number of benzene rings is 1. The molecular weight excluding hydrogens is 354 g/mol. The van der Waals surface area contributed by atoms with Gasteiger partial charge in [-0.2, -0.15) is 0 Å². The average molecular weight is 388 g/mol. The van der Waals surface area contributed by atoms with Crippen LogP contribution in [0.2, 0.25) is 0 Å². The number of aryl methyl sites for hydroxylation is 1. The molecule has 0 saturated carbocycles. The summed E-state index contributed by atoms with van der Waals surface area (Å²) in [5, 5.41) is 13.5. The number of ether oxygens (including phenoxy) is 1. The van der Waals surface area contributed by atoms with E-state index in [1.807, 2.05) is 18.2 Å². The number of anilines is 1. The Morgan fingerprint density at radius 3 is 2.61 bits per heavy atom. The first kappa shape index (κ1) is 19.7. The SMILES string of the molecule is O=C1CCc2cc(O[C@@H]3CCN(CCN4CCCCCC4)C[C@H]3O)ccc2N1. The number of hydrogen-bond acceptors (Lipinski definition) is 5. The largest absolute Gasteiger partial charge is 0.488 e. The Balaban J connectivity index is 1.26. The van der Waals surface area contributed by atoms with E-state index in [9.17, 15) is 9.90 Å². The quantitative estimate of drug-likeness (QED) is 0.811. The topological polar surface area (TPSA) is 65.0 Å². The first-order valence-electron chi connectivity index (χ1n) is 10.9. The van der Waals surface area contributed by atoms with E-state index in [1.54, 1.807) is 0 Å². The lowest BCUT2D eigenvalue weighted by molar-refractivity contribution is -0.116. The van der Waals surface area contributed by atoms with Crippen molar-refractivity contribution in [3.8, 4) is 5.75 Å². The standard InChI is InChI=1S/C22H33N3O3/c26-20-16-25(14-13-24-10-3-1-2-4-11-24)12-9-21(20)28-18-6-7-19-17(15-18)5-8-22(27)23-19/h6-7,15,20-21,26H,1-5,8-14,16H2,(H,23,27)/t20-,21-/m1/s1. The lowest BCUT2D eigenvalue weighted by Crippen LogP contribution is -2.50. The van der Waals surface area contributed by atoms with Crippen LogP contribution in [0.1, 0.15) is 44.1 Å². The van der Waals surface area contributed by atoms with Crippen LogP contribution in [0, 0.1) is 0 Å². The predicted octanol–water partition coefficient (Wildman–Crippen LogP) is 2.26. The number of carbonyl (C=O) groups excluding carboxylic acids is 1. The van der Waals surface area contributed by atoms with E-state index in [0.717, 1.165) is 49.5 Å². The second-order valence-electron chi connectivity index (χ2n) is 8.44. The van der Waals surface area contributed by atoms with Crippen LogP contribution in [0.3, 0.4) is 0 Å². The molecule has 154 valence electrons. The highest BCUT2D eigenvalue weighted by molar-refractivity contribution is 5.93. The second-order valence-corrected chi connectivity index (χ2v) is 8.44. The van der Waals surface area contributed by atoms with Gasteiger partial charge in [0.2, 0.25) is 5.91 Å². The number of β-amino-alcohol motifs (C(OH)–C–C–N with tert-alkyl or cyclic N) is 1. The Kier molecular flexibility index (Phi) is 6.50. The van der Waals surface area contributed by atoms with Crippen LogP contribution in [0.15, 0.2) is 18.2 Å². The number of hydrogen-bond donors (Lipinski definition) is 2. The number of aliphatic hydroxyl groups excluding tert-OH is 1. The van der Waals surface area contributed by atoms with E-state index in [2.05, 4.69) is 15.1 Å². The zero-order chi connectivity index (χ0) is 19.3. The van der Waals surface area contributed by atoms with Gasteiger partial charge in [0, 0.05) is 38.3 Å². The molecule has 3 aliphatic rings. The van der Waals surface area contributed by atoms with E-state index in [1.165, 1.54) is 38.8 Å². The fraction of sp³-hybridized carbons (Fsp3) is 0.682. The van der Waals surface area contributed by atoms with Crippen molar-refractivity contribution < 1.29 is 14.6 Å². The van der Waals surface area contributed by atoms with Crippen molar-refractivity contribution in [3.63, 3.8) is 0 Å². The molecule has 6 heteroatoms. The molecule has 0 aromatic heterocycles. The molecule has 0 unspecified atom stereocenters. The summed E-state index contributed by atoms with van der Waals surface area (Å²) >= 11 is 0. The van der Waals surface area contributed by atoms with E-state index in [0.29, 0.717) is 13.0 Å². The highest BCUT2D eigenvalue weighted by Gasteiger charge is 2.29. The van der Waals surface area contributed by atoms with Gasteiger partial charge < -0.3 is 20.1 Å². The Hall–Kier alpha value is -1.63. The number of piperidine rings is 1. The summed E-state index contributed by atoms with van der Waals surface area (Å²) < 4.78 is 6.12. The van der Waals surface area contributed by atoms with Gasteiger partial charge in [0.05, 0.1) is 0 Å². The van der Waals surface area contributed by atoms with Crippen molar-refractivity contribution in [1.29, 1.82) is 0 Å². The van der Waals surface area contributed by atoms with Gasteiger partial charge in [0.25, 0.3) is 0 Å². The van der Waals surface area contributed by atoms with Crippen molar-refractivity contribution in [2.45, 2.75) is 57.2 Å². The second kappa shape index (κ2) is 9.25. The van der Waals surface area contributed by atoms with Crippen LogP contribution < -0.4 is 10.1 Å². The van der Waals surface area contributed by atoms with E-state index < -0.39 is 6.10 Å². The molecule has 2 saturated heterocycles. The summed E-state index contributed by atoms with van der Waals surface area (Å²) in [5.41, 5.74) is 1.99. The molecule has 4 rings (SSSR count). The molecular formula is C22H33N3O3. The van der Waals surface area contributed by atoms with Gasteiger partial charge in [-0.3, -0.25) is 9.69 Å². The minimum Gasteiger partial charge on any atom is -0.488 e. The lowest BCUT2D eigenvalue weighted by Gasteiger charge is -2.37. The molecule has 1 aromatic rings. The van der Waals surface area contributed by atoms with Gasteiger partial charge in [0.1, 0.15) is 18.0 Å². The number of amides is 1. The maximum Gasteiger partial charge on any atom is 0.224 e. The Morgan fingerprint density at radius 1 is 1.04 bits per heavy atom. The Bertz CT molecular complexity index is 673. The van der Waals surface area contributed by atoms with Crippen LogP contribution >= 0.6 is 0 Å². The highest BCUT2D eigenvalue weighted by atomic mass is 16.5. The van der Waals surface area contributed by atoms with E-state index in [4.69, 9.17) is 4.74 Å². The first-order chi connectivity index (χ1) is 13.7. The molecule has 6 nitrogen and oxygen atoms in total. The van der Waals surface area contributed by atoms with Crippen LogP contribution in [-0.2, 0) is 11.2 Å². The van der Waals surface area contributed by atoms with E-state index in [-0.39, 0.29) is 12.0 Å². The molecule has 0 spiro atoms. The van der Waals surface area contributed by atoms with Crippen molar-refractivity contribution >= 4 is 11.6 Å². The maximum absolute atomic E-state index is 11.5. The summed E-state index contributed by atoms with van der Waals surface area (Å²) in [4.78, 5) is 16.4. The molecule has 1 aromatic carbocycles. The van der Waals surface area contributed by atoms with Gasteiger partial charge in [-0.05, 0) is 62.5 Å². The zero-order valence-corrected chi connectivity index (χ0v) is 16.7. The Labute approximate surface area is 167 Å². The van der Waals surface area contributed by atoms with Crippen molar-refractivity contribution in [3.05, 3.63) is 23.8 Å². The van der Waals surface area contributed by atoms with Crippen LogP contribution in [0.25, 0.3) is 0 Å². The third kappa shape index (κ3) is 5.04. The summed E-state index contributed by atoms with van der Waals surface area (Å²) in [6.45, 7) is 6.23. The van der Waals surface area contributed by atoms with Crippen LogP contribution in [0.4, 0.5) is 5.69 Å². The number of nitrogens with zero attached hydrogens (tertiary/aromatic N) is 2. The molecule has 3 aliphatic heterocycles. The number of fused-ring (bicyclic) bond motifs is 1. The molecule has 0 bridgehead atoms. The molecule has 2 atom stereocenters. The number of rotatable bonds is 5. The predicted molar refractivity (Wildman–Crippen MR) is 110 cm³/mol. The molecule has 3 heterocycles. The Morgan fingerprint density at radius 2 is 1.82 bits per heavy atom. The monoisotopic (exact) mass is 387 g/mol. The molecule has 2 N–H and O–H groups in total. The minimum absolute atomic E-state index is 0.0733. The van der Waals surface area contributed by atoms with Gasteiger partial charge in [-0.25, -0.2) is 0 Å². The van der Waals surface area contributed by atoms with Gasteiger partial charge in [0.15, 0.2) is 0 Å². The molecule has 2 fully saturated rings. The molecule has 1 amide bonds. The molecule has 28 heavy (non-hydrogen) atoms. The minimum atomic E-state index is -0.464. The summed E-state index contributed by atoms with van der Waals surface area (Å²) in [6.07, 6.45) is 6.87. The van der Waals surface area contributed by atoms with Crippen molar-refractivity contribution in [1.82, 2.24) is 9.80 Å². The lowest BCUT2D eigenvalue weighted by atomic mass is 10.0. The number of carbonyl (C=O) groups is 1. The van der Waals surface area contributed by atoms with Crippen LogP contribution in [-0.4, -0.2) is 72.3 Å². The highest BCUT2D eigenvalue weighted by Crippen LogP contribution is 2.28. The average Bonchev–Trinajstić information content (AvgIpc) is 2.97. The third-order valence-electron chi connectivity index (χ3n) is 6.30. The summed E-state index contributed by atoms with van der Waals surface area (Å²) in [6, 6.07) is 5.81. The van der Waals surface area contributed by atoms with Gasteiger partial charge >= 0.3 is 0 Å². The zero-order valence-electron chi connectivity index (χ0n) is 16.7. The van der Waals surface area contributed by atoms with Crippen LogP contribution in [0.5, 0.6) is 5.75 Å². The number of aliphatic hydroxyl groups is 1. The van der Waals surface area contributed by atoms with Gasteiger partial charge in [-0.15, -0.1) is 0 Å². The smallest absolute Gasteiger partial charge is 0.224 e. The van der Waals surface area contributed by atoms with Crippen molar-refractivity contribution in [2.75, 3.05) is 44.6 Å². The maximum atomic E-state index is 11.5. The number of nitrogens with one attached hydrogen (secondary N) is 1.